The van der Waals surface area contributed by atoms with Crippen LogP contribution in [0.15, 0.2) is 34.1 Å². The average Bonchev–Trinajstić information content (AvgIpc) is 2.68. The number of amides is 1. The molecule has 29 heavy (non-hydrogen) atoms. The van der Waals surface area contributed by atoms with Gasteiger partial charge in [0.15, 0.2) is 0 Å². The quantitative estimate of drug-likeness (QED) is 0.694. The Balaban J connectivity index is 1.68. The normalized spacial score (nSPS) is 15.5. The van der Waals surface area contributed by atoms with Crippen molar-refractivity contribution in [2.75, 3.05) is 26.2 Å². The summed E-state index contributed by atoms with van der Waals surface area (Å²) in [5.41, 5.74) is 1.03. The summed E-state index contributed by atoms with van der Waals surface area (Å²) in [6.07, 6.45) is 1.20. The lowest BCUT2D eigenvalue weighted by Crippen LogP contribution is -2.51. The van der Waals surface area contributed by atoms with Crippen molar-refractivity contribution in [2.45, 2.75) is 25.3 Å². The summed E-state index contributed by atoms with van der Waals surface area (Å²) in [5.74, 6) is -0.346. The highest BCUT2D eigenvalue weighted by atomic mass is 35.5. The van der Waals surface area contributed by atoms with Crippen LogP contribution < -0.4 is 5.56 Å². The van der Waals surface area contributed by atoms with Crippen molar-refractivity contribution < 1.29 is 13.2 Å². The van der Waals surface area contributed by atoms with Crippen molar-refractivity contribution in [1.82, 2.24) is 19.0 Å². The topological polar surface area (TPSA) is 92.6 Å². The number of nitrogens with zero attached hydrogens (tertiary/aromatic N) is 4. The number of benzene rings is 1. The second-order valence-corrected chi connectivity index (χ2v) is 9.51. The maximum Gasteiger partial charge on any atom is 0.287 e. The second kappa shape index (κ2) is 8.43. The van der Waals surface area contributed by atoms with E-state index in [1.54, 1.807) is 19.1 Å². The third-order valence-corrected chi connectivity index (χ3v) is 7.57. The molecular weight excluding hydrogens is 439 g/mol. The van der Waals surface area contributed by atoms with Gasteiger partial charge >= 0.3 is 0 Å². The molecule has 1 amide bonds. The van der Waals surface area contributed by atoms with E-state index in [1.165, 1.54) is 15.4 Å². The number of aromatic nitrogens is 2. The van der Waals surface area contributed by atoms with Gasteiger partial charge in [0.2, 0.25) is 15.9 Å². The van der Waals surface area contributed by atoms with Crippen molar-refractivity contribution >= 4 is 39.1 Å². The van der Waals surface area contributed by atoms with Crippen LogP contribution in [0.5, 0.6) is 0 Å². The van der Waals surface area contributed by atoms with Crippen LogP contribution in [-0.4, -0.2) is 59.5 Å². The number of rotatable bonds is 4. The van der Waals surface area contributed by atoms with E-state index in [0.29, 0.717) is 5.56 Å². The minimum atomic E-state index is -3.64. The Hall–Kier alpha value is -1.94. The van der Waals surface area contributed by atoms with Gasteiger partial charge in [-0.2, -0.15) is 9.40 Å². The molecule has 0 bridgehead atoms. The van der Waals surface area contributed by atoms with Gasteiger partial charge in [0.1, 0.15) is 11.6 Å². The van der Waals surface area contributed by atoms with Gasteiger partial charge in [0, 0.05) is 26.2 Å². The number of aryl methyl sites for hydroxylation is 2. The van der Waals surface area contributed by atoms with Crippen molar-refractivity contribution in [3.8, 4) is 0 Å². The number of carbonyl (C=O) groups excluding carboxylic acids is 1. The van der Waals surface area contributed by atoms with E-state index in [-0.39, 0.29) is 53.6 Å². The molecule has 1 aromatic heterocycles. The van der Waals surface area contributed by atoms with Gasteiger partial charge in [-0.15, -0.1) is 0 Å². The summed E-state index contributed by atoms with van der Waals surface area (Å²) in [4.78, 5) is 26.3. The van der Waals surface area contributed by atoms with Crippen molar-refractivity contribution in [3.05, 3.63) is 55.9 Å². The van der Waals surface area contributed by atoms with Crippen LogP contribution in [0.1, 0.15) is 11.1 Å². The number of hydrogen-bond acceptors (Lipinski definition) is 5. The Bertz CT molecular complexity index is 1110. The molecule has 1 aromatic carbocycles. The molecule has 2 aromatic rings. The summed E-state index contributed by atoms with van der Waals surface area (Å²) in [7, 11) is -3.64. The molecule has 1 aliphatic heterocycles. The first-order valence-electron chi connectivity index (χ1n) is 8.87. The summed E-state index contributed by atoms with van der Waals surface area (Å²) >= 11 is 11.5. The summed E-state index contributed by atoms with van der Waals surface area (Å²) < 4.78 is 28.2. The lowest BCUT2D eigenvalue weighted by atomic mass is 10.2. The lowest BCUT2D eigenvalue weighted by molar-refractivity contribution is -0.133. The predicted molar refractivity (Wildman–Crippen MR) is 110 cm³/mol. The van der Waals surface area contributed by atoms with Gasteiger partial charge in [-0.05, 0) is 25.5 Å². The van der Waals surface area contributed by atoms with Gasteiger partial charge < -0.3 is 4.90 Å². The third kappa shape index (κ3) is 4.48. The number of carbonyl (C=O) groups is 1. The van der Waals surface area contributed by atoms with Crippen LogP contribution >= 0.6 is 23.2 Å². The highest BCUT2D eigenvalue weighted by Crippen LogP contribution is 2.22. The van der Waals surface area contributed by atoms with E-state index in [1.807, 2.05) is 13.0 Å². The third-order valence-electron chi connectivity index (χ3n) is 4.77. The molecule has 2 heterocycles. The summed E-state index contributed by atoms with van der Waals surface area (Å²) in [6, 6.07) is 5.20. The first-order chi connectivity index (χ1) is 13.6. The Morgan fingerprint density at radius 3 is 2.41 bits per heavy atom. The summed E-state index contributed by atoms with van der Waals surface area (Å²) in [6.45, 7) is 4.16. The zero-order chi connectivity index (χ0) is 21.3. The summed E-state index contributed by atoms with van der Waals surface area (Å²) in [5, 5.41) is 3.64. The number of halogens is 2. The van der Waals surface area contributed by atoms with Crippen LogP contribution in [-0.2, 0) is 21.4 Å². The second-order valence-electron chi connectivity index (χ2n) is 6.82. The van der Waals surface area contributed by atoms with Gasteiger partial charge in [0.05, 0.1) is 16.1 Å². The molecule has 3 rings (SSSR count). The van der Waals surface area contributed by atoms with E-state index in [9.17, 15) is 18.0 Å². The zero-order valence-corrected chi connectivity index (χ0v) is 18.3. The van der Waals surface area contributed by atoms with Crippen LogP contribution in [0.25, 0.3) is 0 Å². The van der Waals surface area contributed by atoms with Gasteiger partial charge in [0.25, 0.3) is 5.56 Å². The van der Waals surface area contributed by atoms with E-state index in [4.69, 9.17) is 23.2 Å². The molecule has 1 fully saturated rings. The molecule has 11 heteroatoms. The van der Waals surface area contributed by atoms with Crippen molar-refractivity contribution in [3.63, 3.8) is 0 Å². The molecule has 1 saturated heterocycles. The molecule has 0 aliphatic carbocycles. The highest BCUT2D eigenvalue weighted by Gasteiger charge is 2.31. The molecule has 8 nitrogen and oxygen atoms in total. The average molecular weight is 459 g/mol. The van der Waals surface area contributed by atoms with E-state index in [2.05, 4.69) is 5.10 Å². The molecule has 0 unspecified atom stereocenters. The van der Waals surface area contributed by atoms with Gasteiger partial charge in [-0.3, -0.25) is 9.59 Å². The maximum absolute atomic E-state index is 12.9. The Kier molecular flexibility index (Phi) is 6.33. The maximum atomic E-state index is 12.9. The monoisotopic (exact) mass is 458 g/mol. The van der Waals surface area contributed by atoms with E-state index in [0.717, 1.165) is 10.2 Å². The molecule has 0 N–H and O–H groups in total. The van der Waals surface area contributed by atoms with Crippen LogP contribution in [0.4, 0.5) is 0 Å². The fraction of sp³-hybridized carbons (Fsp3) is 0.389. The Morgan fingerprint density at radius 1 is 1.14 bits per heavy atom. The molecule has 1 aliphatic rings. The van der Waals surface area contributed by atoms with Crippen molar-refractivity contribution in [1.29, 1.82) is 0 Å². The SMILES string of the molecule is Cc1ccc(S(=O)(=O)N2CCN(C(=O)Cn3ncc(Cl)c(Cl)c3=O)CC2)c(C)c1. The fourth-order valence-electron chi connectivity index (χ4n) is 3.19. The van der Waals surface area contributed by atoms with Crippen LogP contribution in [0.3, 0.4) is 0 Å². The smallest absolute Gasteiger partial charge is 0.287 e. The molecule has 0 spiro atoms. The fourth-order valence-corrected chi connectivity index (χ4v) is 5.09. The zero-order valence-electron chi connectivity index (χ0n) is 15.9. The standard InChI is InChI=1S/C18H20Cl2N4O4S/c1-12-3-4-15(13(2)9-12)29(27,28)23-7-5-22(6-8-23)16(25)11-24-18(26)17(20)14(19)10-21-24/h3-4,9-10H,5-8,11H2,1-2H3. The molecule has 0 atom stereocenters. The Morgan fingerprint density at radius 2 is 1.79 bits per heavy atom. The number of hydrogen-bond donors (Lipinski definition) is 0. The first kappa shape index (κ1) is 21.8. The predicted octanol–water partition coefficient (Wildman–Crippen LogP) is 1.70. The lowest BCUT2D eigenvalue weighted by Gasteiger charge is -2.34. The first-order valence-corrected chi connectivity index (χ1v) is 11.1. The molecule has 0 saturated carbocycles. The van der Waals surface area contributed by atoms with E-state index >= 15 is 0 Å². The van der Waals surface area contributed by atoms with Crippen LogP contribution in [0.2, 0.25) is 10.0 Å². The van der Waals surface area contributed by atoms with Crippen LogP contribution in [0, 0.1) is 13.8 Å². The number of sulfonamides is 1. The largest absolute Gasteiger partial charge is 0.338 e. The Labute approximate surface area is 178 Å². The van der Waals surface area contributed by atoms with Crippen molar-refractivity contribution in [2.24, 2.45) is 0 Å². The number of piperazine rings is 1. The van der Waals surface area contributed by atoms with Gasteiger partial charge in [-0.25, -0.2) is 13.1 Å². The minimum absolute atomic E-state index is 0.0191. The molecular formula is C18H20Cl2N4O4S. The highest BCUT2D eigenvalue weighted by molar-refractivity contribution is 7.89. The van der Waals surface area contributed by atoms with Gasteiger partial charge in [-0.1, -0.05) is 40.9 Å². The minimum Gasteiger partial charge on any atom is -0.338 e. The van der Waals surface area contributed by atoms with E-state index < -0.39 is 15.6 Å². The molecule has 156 valence electrons. The molecule has 0 radical (unpaired) electrons.